The Morgan fingerprint density at radius 1 is 1.27 bits per heavy atom. The van der Waals surface area contributed by atoms with E-state index in [9.17, 15) is 14.9 Å². The van der Waals surface area contributed by atoms with E-state index < -0.39 is 0 Å². The SMILES string of the molecule is CC(C)N1CCC(NC(=O)c2c(C#N)cnn2CC(=O)Nc2ccc(Cl)cc2)CC1. The van der Waals surface area contributed by atoms with Crippen molar-refractivity contribution in [1.29, 1.82) is 5.26 Å². The summed E-state index contributed by atoms with van der Waals surface area (Å²) in [5, 5.41) is 19.7. The fourth-order valence-corrected chi connectivity index (χ4v) is 3.64. The number of rotatable bonds is 6. The molecule has 1 aliphatic rings. The van der Waals surface area contributed by atoms with E-state index in [1.165, 1.54) is 10.9 Å². The van der Waals surface area contributed by atoms with Crippen molar-refractivity contribution in [3.8, 4) is 6.07 Å². The molecule has 1 aromatic heterocycles. The number of aromatic nitrogens is 2. The van der Waals surface area contributed by atoms with Gasteiger partial charge in [0, 0.05) is 35.9 Å². The molecule has 0 spiro atoms. The van der Waals surface area contributed by atoms with Crippen molar-refractivity contribution in [2.75, 3.05) is 18.4 Å². The second kappa shape index (κ2) is 9.74. The second-order valence-corrected chi connectivity index (χ2v) is 8.05. The predicted molar refractivity (Wildman–Crippen MR) is 114 cm³/mol. The Bertz CT molecular complexity index is 939. The average molecular weight is 429 g/mol. The van der Waals surface area contributed by atoms with E-state index in [2.05, 4.69) is 34.5 Å². The van der Waals surface area contributed by atoms with Crippen LogP contribution in [0.25, 0.3) is 0 Å². The smallest absolute Gasteiger partial charge is 0.271 e. The Balaban J connectivity index is 1.65. The number of carbonyl (C=O) groups excluding carboxylic acids is 2. The molecule has 3 rings (SSSR count). The van der Waals surface area contributed by atoms with Crippen molar-refractivity contribution in [3.05, 3.63) is 46.7 Å². The summed E-state index contributed by atoms with van der Waals surface area (Å²) in [5.41, 5.74) is 0.835. The molecule has 1 saturated heterocycles. The number of halogens is 1. The number of carbonyl (C=O) groups is 2. The maximum Gasteiger partial charge on any atom is 0.271 e. The summed E-state index contributed by atoms with van der Waals surface area (Å²) in [7, 11) is 0. The molecule has 30 heavy (non-hydrogen) atoms. The van der Waals surface area contributed by atoms with Crippen LogP contribution in [0.15, 0.2) is 30.5 Å². The number of nitrogens with zero attached hydrogens (tertiary/aromatic N) is 4. The van der Waals surface area contributed by atoms with Crippen molar-refractivity contribution in [1.82, 2.24) is 20.0 Å². The third-order valence-electron chi connectivity index (χ3n) is 5.19. The number of anilines is 1. The summed E-state index contributed by atoms with van der Waals surface area (Å²) in [6, 6.07) is 9.20. The lowest BCUT2D eigenvalue weighted by Crippen LogP contribution is -2.47. The minimum absolute atomic E-state index is 0.0327. The molecule has 1 fully saturated rings. The molecule has 1 aliphatic heterocycles. The number of likely N-dealkylation sites (tertiary alicyclic amines) is 1. The van der Waals surface area contributed by atoms with Gasteiger partial charge in [-0.25, -0.2) is 4.68 Å². The van der Waals surface area contributed by atoms with Gasteiger partial charge in [0.2, 0.25) is 5.91 Å². The Morgan fingerprint density at radius 2 is 1.93 bits per heavy atom. The average Bonchev–Trinajstić information content (AvgIpc) is 3.12. The van der Waals surface area contributed by atoms with Crippen molar-refractivity contribution in [2.45, 2.75) is 45.3 Å². The molecule has 0 bridgehead atoms. The Morgan fingerprint density at radius 3 is 2.53 bits per heavy atom. The zero-order valence-corrected chi connectivity index (χ0v) is 17.8. The lowest BCUT2D eigenvalue weighted by molar-refractivity contribution is -0.116. The van der Waals surface area contributed by atoms with Gasteiger partial charge in [0.05, 0.1) is 6.20 Å². The first-order valence-corrected chi connectivity index (χ1v) is 10.3. The monoisotopic (exact) mass is 428 g/mol. The highest BCUT2D eigenvalue weighted by atomic mass is 35.5. The highest BCUT2D eigenvalue weighted by Crippen LogP contribution is 2.16. The van der Waals surface area contributed by atoms with Gasteiger partial charge in [-0.2, -0.15) is 10.4 Å². The van der Waals surface area contributed by atoms with Crippen LogP contribution in [0.1, 0.15) is 42.7 Å². The molecule has 0 unspecified atom stereocenters. The fourth-order valence-electron chi connectivity index (χ4n) is 3.51. The van der Waals surface area contributed by atoms with Gasteiger partial charge < -0.3 is 15.5 Å². The van der Waals surface area contributed by atoms with E-state index in [4.69, 9.17) is 11.6 Å². The molecular weight excluding hydrogens is 404 g/mol. The lowest BCUT2D eigenvalue weighted by Gasteiger charge is -2.34. The van der Waals surface area contributed by atoms with Crippen molar-refractivity contribution >= 4 is 29.1 Å². The first kappa shape index (κ1) is 21.8. The van der Waals surface area contributed by atoms with Gasteiger partial charge in [-0.3, -0.25) is 9.59 Å². The second-order valence-electron chi connectivity index (χ2n) is 7.61. The summed E-state index contributed by atoms with van der Waals surface area (Å²) >= 11 is 5.85. The third kappa shape index (κ3) is 5.38. The van der Waals surface area contributed by atoms with Crippen molar-refractivity contribution < 1.29 is 9.59 Å². The Kier molecular flexibility index (Phi) is 7.08. The largest absolute Gasteiger partial charge is 0.348 e. The van der Waals surface area contributed by atoms with E-state index in [-0.39, 0.29) is 35.7 Å². The van der Waals surface area contributed by atoms with Gasteiger partial charge in [0.1, 0.15) is 23.9 Å². The van der Waals surface area contributed by atoms with Crippen LogP contribution in [-0.2, 0) is 11.3 Å². The van der Waals surface area contributed by atoms with Gasteiger partial charge in [-0.05, 0) is 51.0 Å². The molecule has 2 heterocycles. The standard InChI is InChI=1S/C21H25ClN6O2/c1-14(2)27-9-7-18(8-10-27)26-21(30)20-15(11-23)12-24-28(20)13-19(29)25-17-5-3-16(22)4-6-17/h3-6,12,14,18H,7-10,13H2,1-2H3,(H,25,29)(H,26,30). The Hall–Kier alpha value is -2.89. The van der Waals surface area contributed by atoms with Gasteiger partial charge in [-0.15, -0.1) is 0 Å². The van der Waals surface area contributed by atoms with Crippen LogP contribution in [0, 0.1) is 11.3 Å². The summed E-state index contributed by atoms with van der Waals surface area (Å²) < 4.78 is 1.27. The van der Waals surface area contributed by atoms with Crippen LogP contribution < -0.4 is 10.6 Å². The minimum atomic E-state index is -0.383. The van der Waals surface area contributed by atoms with Gasteiger partial charge >= 0.3 is 0 Å². The van der Waals surface area contributed by atoms with Gasteiger partial charge in [-0.1, -0.05) is 11.6 Å². The maximum atomic E-state index is 12.9. The van der Waals surface area contributed by atoms with Crippen LogP contribution in [0.4, 0.5) is 5.69 Å². The highest BCUT2D eigenvalue weighted by molar-refractivity contribution is 6.30. The number of nitrogens with one attached hydrogen (secondary N) is 2. The summed E-state index contributed by atoms with van der Waals surface area (Å²) in [4.78, 5) is 27.7. The van der Waals surface area contributed by atoms with E-state index in [1.54, 1.807) is 24.3 Å². The molecule has 0 aliphatic carbocycles. The van der Waals surface area contributed by atoms with Crippen molar-refractivity contribution in [3.63, 3.8) is 0 Å². The predicted octanol–water partition coefficient (Wildman–Crippen LogP) is 2.65. The third-order valence-corrected chi connectivity index (χ3v) is 5.44. The van der Waals surface area contributed by atoms with E-state index in [1.807, 2.05) is 6.07 Å². The number of benzene rings is 1. The summed E-state index contributed by atoms with van der Waals surface area (Å²) in [5.74, 6) is -0.740. The molecule has 2 N–H and O–H groups in total. The molecule has 1 aromatic carbocycles. The molecule has 9 heteroatoms. The molecular formula is C21H25ClN6O2. The van der Waals surface area contributed by atoms with Crippen LogP contribution in [-0.4, -0.2) is 51.7 Å². The van der Waals surface area contributed by atoms with Crippen LogP contribution in [0.5, 0.6) is 0 Å². The number of nitriles is 1. The van der Waals surface area contributed by atoms with Gasteiger partial charge in [0.15, 0.2) is 0 Å². The maximum absolute atomic E-state index is 12.9. The molecule has 0 radical (unpaired) electrons. The molecule has 0 atom stereocenters. The van der Waals surface area contributed by atoms with Crippen LogP contribution in [0.3, 0.4) is 0 Å². The van der Waals surface area contributed by atoms with Crippen molar-refractivity contribution in [2.24, 2.45) is 0 Å². The van der Waals surface area contributed by atoms with E-state index in [0.717, 1.165) is 25.9 Å². The zero-order chi connectivity index (χ0) is 21.7. The first-order chi connectivity index (χ1) is 14.4. The highest BCUT2D eigenvalue weighted by Gasteiger charge is 2.26. The summed E-state index contributed by atoms with van der Waals surface area (Å²) in [6.45, 7) is 5.96. The number of hydrogen-bond acceptors (Lipinski definition) is 5. The molecule has 2 aromatic rings. The quantitative estimate of drug-likeness (QED) is 0.736. The van der Waals surface area contributed by atoms with Crippen LogP contribution in [0.2, 0.25) is 5.02 Å². The molecule has 158 valence electrons. The first-order valence-electron chi connectivity index (χ1n) is 9.93. The fraction of sp³-hybridized carbons (Fsp3) is 0.429. The number of hydrogen-bond donors (Lipinski definition) is 2. The Labute approximate surface area is 180 Å². The van der Waals surface area contributed by atoms with E-state index in [0.29, 0.717) is 16.8 Å². The normalized spacial score (nSPS) is 15.0. The molecule has 0 saturated carbocycles. The van der Waals surface area contributed by atoms with E-state index >= 15 is 0 Å². The summed E-state index contributed by atoms with van der Waals surface area (Å²) in [6.07, 6.45) is 3.00. The lowest BCUT2D eigenvalue weighted by atomic mass is 10.0. The number of piperidine rings is 1. The van der Waals surface area contributed by atoms with Crippen LogP contribution >= 0.6 is 11.6 Å². The molecule has 2 amide bonds. The van der Waals surface area contributed by atoms with Gasteiger partial charge in [0.25, 0.3) is 5.91 Å². The zero-order valence-electron chi connectivity index (χ0n) is 17.1. The number of amides is 2. The minimum Gasteiger partial charge on any atom is -0.348 e. The molecule has 8 nitrogen and oxygen atoms in total. The topological polar surface area (TPSA) is 103 Å².